The fourth-order valence-corrected chi connectivity index (χ4v) is 1.87. The standard InChI is InChI=1S/C12H14N2O4/c15-12(13-8-11-5-2-6-18-11)9-3-1-4-10(7-9)14(16)17/h1,3-4,7,11H,2,5-6,8H2,(H,13,15)/t11-/m0/s1. The summed E-state index contributed by atoms with van der Waals surface area (Å²) in [5.74, 6) is -0.311. The fraction of sp³-hybridized carbons (Fsp3) is 0.417. The number of carbonyl (C=O) groups excluding carboxylic acids is 1. The van der Waals surface area contributed by atoms with Gasteiger partial charge in [-0.05, 0) is 18.9 Å². The molecule has 1 atom stereocenters. The van der Waals surface area contributed by atoms with Crippen LogP contribution in [-0.2, 0) is 4.74 Å². The molecule has 0 aliphatic carbocycles. The maximum atomic E-state index is 11.8. The second-order valence-corrected chi connectivity index (χ2v) is 4.15. The molecule has 96 valence electrons. The highest BCUT2D eigenvalue weighted by molar-refractivity contribution is 5.94. The van der Waals surface area contributed by atoms with Gasteiger partial charge in [-0.2, -0.15) is 0 Å². The normalized spacial score (nSPS) is 18.6. The monoisotopic (exact) mass is 250 g/mol. The van der Waals surface area contributed by atoms with Gasteiger partial charge in [-0.15, -0.1) is 0 Å². The zero-order valence-corrected chi connectivity index (χ0v) is 9.80. The Labute approximate surface area is 104 Å². The van der Waals surface area contributed by atoms with Crippen LogP contribution in [0.25, 0.3) is 0 Å². The Morgan fingerprint density at radius 3 is 3.06 bits per heavy atom. The average molecular weight is 250 g/mol. The summed E-state index contributed by atoms with van der Waals surface area (Å²) in [7, 11) is 0. The molecule has 1 aromatic rings. The molecule has 1 N–H and O–H groups in total. The number of non-ortho nitro benzene ring substituents is 1. The van der Waals surface area contributed by atoms with Crippen molar-refractivity contribution in [2.45, 2.75) is 18.9 Å². The number of hydrogen-bond acceptors (Lipinski definition) is 4. The van der Waals surface area contributed by atoms with Crippen LogP contribution >= 0.6 is 0 Å². The molecule has 1 saturated heterocycles. The molecule has 1 aromatic carbocycles. The van der Waals surface area contributed by atoms with Crippen LogP contribution in [0, 0.1) is 10.1 Å². The van der Waals surface area contributed by atoms with Gasteiger partial charge in [-0.3, -0.25) is 14.9 Å². The van der Waals surface area contributed by atoms with Gasteiger partial charge < -0.3 is 10.1 Å². The lowest BCUT2D eigenvalue weighted by Gasteiger charge is -2.10. The second-order valence-electron chi connectivity index (χ2n) is 4.15. The van der Waals surface area contributed by atoms with Gasteiger partial charge >= 0.3 is 0 Å². The molecular formula is C12H14N2O4. The third-order valence-electron chi connectivity index (χ3n) is 2.83. The molecule has 0 saturated carbocycles. The summed E-state index contributed by atoms with van der Waals surface area (Å²) in [6.07, 6.45) is 2.01. The van der Waals surface area contributed by atoms with E-state index >= 15 is 0 Å². The Kier molecular flexibility index (Phi) is 3.88. The molecule has 0 unspecified atom stereocenters. The molecule has 0 bridgehead atoms. The first-order valence-electron chi connectivity index (χ1n) is 5.81. The van der Waals surface area contributed by atoms with Gasteiger partial charge in [0.15, 0.2) is 0 Å². The summed E-state index contributed by atoms with van der Waals surface area (Å²) in [5, 5.41) is 13.3. The van der Waals surface area contributed by atoms with Crippen LogP contribution in [0.3, 0.4) is 0 Å². The molecule has 2 rings (SSSR count). The summed E-state index contributed by atoms with van der Waals surface area (Å²) in [4.78, 5) is 21.9. The summed E-state index contributed by atoms with van der Waals surface area (Å²) >= 11 is 0. The number of rotatable bonds is 4. The van der Waals surface area contributed by atoms with E-state index in [4.69, 9.17) is 4.74 Å². The van der Waals surface area contributed by atoms with Gasteiger partial charge in [-0.25, -0.2) is 0 Å². The third-order valence-corrected chi connectivity index (χ3v) is 2.83. The minimum atomic E-state index is -0.517. The Morgan fingerprint density at radius 2 is 2.39 bits per heavy atom. The van der Waals surface area contributed by atoms with Crippen molar-refractivity contribution in [3.63, 3.8) is 0 Å². The van der Waals surface area contributed by atoms with Crippen LogP contribution in [0.1, 0.15) is 23.2 Å². The van der Waals surface area contributed by atoms with Crippen molar-refractivity contribution in [1.29, 1.82) is 0 Å². The van der Waals surface area contributed by atoms with Gasteiger partial charge in [0, 0.05) is 30.8 Å². The molecule has 0 radical (unpaired) electrons. The lowest BCUT2D eigenvalue weighted by Crippen LogP contribution is -2.31. The molecule has 1 amide bonds. The van der Waals surface area contributed by atoms with Crippen molar-refractivity contribution < 1.29 is 14.5 Å². The minimum Gasteiger partial charge on any atom is -0.376 e. The zero-order chi connectivity index (χ0) is 13.0. The van der Waals surface area contributed by atoms with Crippen molar-refractivity contribution in [1.82, 2.24) is 5.32 Å². The van der Waals surface area contributed by atoms with E-state index in [-0.39, 0.29) is 17.7 Å². The number of nitro benzene ring substituents is 1. The molecule has 6 nitrogen and oxygen atoms in total. The maximum absolute atomic E-state index is 11.8. The largest absolute Gasteiger partial charge is 0.376 e. The number of benzene rings is 1. The van der Waals surface area contributed by atoms with Crippen molar-refractivity contribution in [2.24, 2.45) is 0 Å². The topological polar surface area (TPSA) is 81.5 Å². The first-order chi connectivity index (χ1) is 8.66. The molecule has 18 heavy (non-hydrogen) atoms. The molecular weight excluding hydrogens is 236 g/mol. The molecule has 1 aliphatic heterocycles. The van der Waals surface area contributed by atoms with Crippen LogP contribution in [0.5, 0.6) is 0 Å². The number of carbonyl (C=O) groups is 1. The first kappa shape index (κ1) is 12.5. The first-order valence-corrected chi connectivity index (χ1v) is 5.81. The van der Waals surface area contributed by atoms with Crippen molar-refractivity contribution in [3.8, 4) is 0 Å². The van der Waals surface area contributed by atoms with E-state index < -0.39 is 4.92 Å². The molecule has 0 aromatic heterocycles. The smallest absolute Gasteiger partial charge is 0.270 e. The average Bonchev–Trinajstić information content (AvgIpc) is 2.89. The van der Waals surface area contributed by atoms with Crippen LogP contribution < -0.4 is 5.32 Å². The van der Waals surface area contributed by atoms with Gasteiger partial charge in [0.2, 0.25) is 0 Å². The number of nitro groups is 1. The fourth-order valence-electron chi connectivity index (χ4n) is 1.87. The molecule has 0 spiro atoms. The molecule has 1 heterocycles. The van der Waals surface area contributed by atoms with Gasteiger partial charge in [0.05, 0.1) is 11.0 Å². The van der Waals surface area contributed by atoms with E-state index in [2.05, 4.69) is 5.32 Å². The Bertz CT molecular complexity index is 455. The summed E-state index contributed by atoms with van der Waals surface area (Å²) in [6, 6.07) is 5.68. The van der Waals surface area contributed by atoms with Gasteiger partial charge in [-0.1, -0.05) is 6.07 Å². The molecule has 1 aliphatic rings. The highest BCUT2D eigenvalue weighted by Gasteiger charge is 2.17. The quantitative estimate of drug-likeness (QED) is 0.648. The van der Waals surface area contributed by atoms with Gasteiger partial charge in [0.1, 0.15) is 0 Å². The Hall–Kier alpha value is -1.95. The van der Waals surface area contributed by atoms with E-state index in [1.165, 1.54) is 18.2 Å². The zero-order valence-electron chi connectivity index (χ0n) is 9.80. The van der Waals surface area contributed by atoms with Crippen molar-refractivity contribution in [2.75, 3.05) is 13.2 Å². The molecule has 6 heteroatoms. The number of amides is 1. The lowest BCUT2D eigenvalue weighted by molar-refractivity contribution is -0.384. The van der Waals surface area contributed by atoms with E-state index in [9.17, 15) is 14.9 Å². The lowest BCUT2D eigenvalue weighted by atomic mass is 10.2. The van der Waals surface area contributed by atoms with Crippen LogP contribution in [0.2, 0.25) is 0 Å². The predicted molar refractivity (Wildman–Crippen MR) is 64.4 cm³/mol. The predicted octanol–water partition coefficient (Wildman–Crippen LogP) is 1.50. The van der Waals surface area contributed by atoms with E-state index in [1.807, 2.05) is 0 Å². The summed E-state index contributed by atoms with van der Waals surface area (Å²) < 4.78 is 5.38. The highest BCUT2D eigenvalue weighted by Crippen LogP contribution is 2.14. The van der Waals surface area contributed by atoms with Gasteiger partial charge in [0.25, 0.3) is 11.6 Å². The number of ether oxygens (including phenoxy) is 1. The van der Waals surface area contributed by atoms with Crippen molar-refractivity contribution in [3.05, 3.63) is 39.9 Å². The highest BCUT2D eigenvalue weighted by atomic mass is 16.6. The summed E-state index contributed by atoms with van der Waals surface area (Å²) in [5.41, 5.74) is 0.210. The Morgan fingerprint density at radius 1 is 1.56 bits per heavy atom. The molecule has 1 fully saturated rings. The SMILES string of the molecule is O=C(NC[C@@H]1CCCO1)c1cccc([N+](=O)[O-])c1. The maximum Gasteiger partial charge on any atom is 0.270 e. The van der Waals surface area contributed by atoms with E-state index in [0.717, 1.165) is 19.4 Å². The number of hydrogen-bond donors (Lipinski definition) is 1. The van der Waals surface area contributed by atoms with Crippen LogP contribution in [-0.4, -0.2) is 30.1 Å². The van der Waals surface area contributed by atoms with E-state index in [1.54, 1.807) is 6.07 Å². The van der Waals surface area contributed by atoms with Crippen LogP contribution in [0.15, 0.2) is 24.3 Å². The number of nitrogens with zero attached hydrogens (tertiary/aromatic N) is 1. The van der Waals surface area contributed by atoms with E-state index in [0.29, 0.717) is 12.1 Å². The third kappa shape index (κ3) is 3.04. The Balaban J connectivity index is 1.95. The second kappa shape index (κ2) is 5.59. The van der Waals surface area contributed by atoms with Crippen LogP contribution in [0.4, 0.5) is 5.69 Å². The number of nitrogens with one attached hydrogen (secondary N) is 1. The summed E-state index contributed by atoms with van der Waals surface area (Å²) in [6.45, 7) is 1.18. The minimum absolute atomic E-state index is 0.0626. The van der Waals surface area contributed by atoms with Crippen molar-refractivity contribution >= 4 is 11.6 Å².